The van der Waals surface area contributed by atoms with Crippen LogP contribution in [0.25, 0.3) is 0 Å². The lowest BCUT2D eigenvalue weighted by atomic mass is 9.97. The largest absolute Gasteiger partial charge is 0.746 e. The van der Waals surface area contributed by atoms with Gasteiger partial charge in [-0.3, -0.25) is 9.59 Å². The number of alkyl carbamates (subject to hydrolysis) is 1. The zero-order chi connectivity index (χ0) is 27.4. The fourth-order valence-corrected chi connectivity index (χ4v) is 4.99. The average molecular weight is 543 g/mol. The lowest BCUT2D eigenvalue weighted by molar-refractivity contribution is -0.126. The third-order valence-electron chi connectivity index (χ3n) is 6.54. The minimum Gasteiger partial charge on any atom is -0.746 e. The molecule has 4 N–H and O–H groups in total. The van der Waals surface area contributed by atoms with Crippen molar-refractivity contribution in [3.63, 3.8) is 0 Å². The van der Waals surface area contributed by atoms with Gasteiger partial charge in [0.25, 0.3) is 0 Å². The summed E-state index contributed by atoms with van der Waals surface area (Å²) >= 11 is 0. The fourth-order valence-electron chi connectivity index (χ4n) is 4.41. The Labute approximate surface area is 215 Å². The van der Waals surface area contributed by atoms with Crippen molar-refractivity contribution >= 4 is 28.0 Å². The maximum absolute atomic E-state index is 13.2. The van der Waals surface area contributed by atoms with Crippen LogP contribution in [0.1, 0.15) is 51.5 Å². The van der Waals surface area contributed by atoms with Crippen LogP contribution in [0.4, 0.5) is 9.18 Å². The Bertz CT molecular complexity index is 1090. The van der Waals surface area contributed by atoms with Crippen LogP contribution >= 0.6 is 0 Å². The van der Waals surface area contributed by atoms with E-state index in [-0.39, 0.29) is 30.5 Å². The standard InChI is InChI=1S/C24H34FN3O8S/c1-14(2)11-18(28-23(32)36-24(8-9-24)13-15-3-5-17(25)6-4-15)21(30)27-19(22(31)37(33,34)35)12-16-7-10-26-20(16)29/h3-6,14,16,18-19,22,31H,7-13H2,1-2H3,(H,26,29)(H,27,30)(H,28,32)(H,33,34,35)/p-1/t16-,18-,19-,22?/m0/s1. The van der Waals surface area contributed by atoms with Crippen molar-refractivity contribution in [2.45, 2.75) is 75.5 Å². The Kier molecular flexibility index (Phi) is 9.13. The minimum absolute atomic E-state index is 0.0719. The molecular weight excluding hydrogens is 509 g/mol. The molecule has 1 aromatic rings. The lowest BCUT2D eigenvalue weighted by Crippen LogP contribution is -2.55. The number of aliphatic hydroxyl groups excluding tert-OH is 1. The molecule has 206 valence electrons. The van der Waals surface area contributed by atoms with Gasteiger partial charge in [0.2, 0.25) is 11.8 Å². The molecule has 0 spiro atoms. The van der Waals surface area contributed by atoms with Crippen LogP contribution in [-0.4, -0.2) is 65.7 Å². The summed E-state index contributed by atoms with van der Waals surface area (Å²) in [5.74, 6) is -2.33. The fraction of sp³-hybridized carbons (Fsp3) is 0.625. The highest BCUT2D eigenvalue weighted by Crippen LogP contribution is 2.42. The number of ether oxygens (including phenoxy) is 1. The van der Waals surface area contributed by atoms with E-state index in [1.165, 1.54) is 12.1 Å². The second-order valence-corrected chi connectivity index (χ2v) is 11.7. The number of benzene rings is 1. The van der Waals surface area contributed by atoms with E-state index in [1.807, 2.05) is 13.8 Å². The molecule has 1 unspecified atom stereocenters. The van der Waals surface area contributed by atoms with Gasteiger partial charge in [-0.2, -0.15) is 0 Å². The first kappa shape index (κ1) is 28.8. The van der Waals surface area contributed by atoms with Gasteiger partial charge in [-0.15, -0.1) is 0 Å². The molecule has 0 radical (unpaired) electrons. The first-order valence-corrected chi connectivity index (χ1v) is 13.7. The van der Waals surface area contributed by atoms with E-state index in [9.17, 15) is 36.9 Å². The smallest absolute Gasteiger partial charge is 0.408 e. The van der Waals surface area contributed by atoms with Crippen LogP contribution in [0.3, 0.4) is 0 Å². The van der Waals surface area contributed by atoms with Crippen molar-refractivity contribution in [3.05, 3.63) is 35.6 Å². The maximum atomic E-state index is 13.2. The molecule has 3 amide bonds. The molecule has 1 aliphatic heterocycles. The number of carbonyl (C=O) groups is 3. The first-order chi connectivity index (χ1) is 17.3. The molecule has 0 aromatic heterocycles. The van der Waals surface area contributed by atoms with Gasteiger partial charge in [0.05, 0.1) is 6.04 Å². The van der Waals surface area contributed by atoms with Gasteiger partial charge in [-0.05, 0) is 55.7 Å². The molecule has 3 rings (SSSR count). The van der Waals surface area contributed by atoms with Crippen molar-refractivity contribution in [2.24, 2.45) is 11.8 Å². The zero-order valence-electron chi connectivity index (χ0n) is 20.7. The molecule has 37 heavy (non-hydrogen) atoms. The van der Waals surface area contributed by atoms with E-state index in [0.717, 1.165) is 5.56 Å². The molecule has 1 aliphatic carbocycles. The molecule has 2 fully saturated rings. The highest BCUT2D eigenvalue weighted by atomic mass is 32.2. The topological polar surface area (TPSA) is 174 Å². The molecule has 1 saturated carbocycles. The molecule has 1 heterocycles. The molecule has 11 nitrogen and oxygen atoms in total. The SMILES string of the molecule is CC(C)C[C@H](NC(=O)OC1(Cc2ccc(F)cc2)CC1)C(=O)N[C@@H](C[C@@H]1CCNC1=O)C(O)S(=O)(=O)[O-]. The quantitative estimate of drug-likeness (QED) is 0.282. The normalized spacial score (nSPS) is 21.0. The molecule has 1 saturated heterocycles. The van der Waals surface area contributed by atoms with E-state index < -0.39 is 51.2 Å². The van der Waals surface area contributed by atoms with E-state index >= 15 is 0 Å². The highest BCUT2D eigenvalue weighted by molar-refractivity contribution is 7.86. The molecule has 1 aromatic carbocycles. The van der Waals surface area contributed by atoms with Gasteiger partial charge < -0.3 is 30.3 Å². The van der Waals surface area contributed by atoms with Crippen LogP contribution in [0.2, 0.25) is 0 Å². The van der Waals surface area contributed by atoms with Crippen LogP contribution in [0, 0.1) is 17.7 Å². The Hall–Kier alpha value is -2.77. The molecule has 0 bridgehead atoms. The van der Waals surface area contributed by atoms with Gasteiger partial charge in [-0.1, -0.05) is 26.0 Å². The molecular formula is C24H33FN3O8S-. The zero-order valence-corrected chi connectivity index (χ0v) is 21.6. The van der Waals surface area contributed by atoms with E-state index in [0.29, 0.717) is 32.2 Å². The van der Waals surface area contributed by atoms with Gasteiger partial charge in [0.1, 0.15) is 27.6 Å². The number of hydrogen-bond acceptors (Lipinski definition) is 8. The van der Waals surface area contributed by atoms with Crippen molar-refractivity contribution in [1.82, 2.24) is 16.0 Å². The number of rotatable bonds is 12. The summed E-state index contributed by atoms with van der Waals surface area (Å²) in [5.41, 5.74) is -2.46. The number of hydrogen-bond donors (Lipinski definition) is 4. The summed E-state index contributed by atoms with van der Waals surface area (Å²) in [6.45, 7) is 3.97. The van der Waals surface area contributed by atoms with Crippen molar-refractivity contribution < 1.29 is 41.6 Å². The number of nitrogens with one attached hydrogen (secondary N) is 3. The second kappa shape index (κ2) is 11.7. The number of aliphatic hydroxyl groups is 1. The summed E-state index contributed by atoms with van der Waals surface area (Å²) < 4.78 is 53.3. The van der Waals surface area contributed by atoms with E-state index in [4.69, 9.17) is 4.74 Å². The number of amides is 3. The molecule has 13 heteroatoms. The summed E-state index contributed by atoms with van der Waals surface area (Å²) in [6.07, 6.45) is 0.954. The maximum Gasteiger partial charge on any atom is 0.408 e. The van der Waals surface area contributed by atoms with Gasteiger partial charge >= 0.3 is 6.09 Å². The third-order valence-corrected chi connectivity index (χ3v) is 7.46. The summed E-state index contributed by atoms with van der Waals surface area (Å²) in [6, 6.07) is 3.13. The lowest BCUT2D eigenvalue weighted by Gasteiger charge is -2.30. The summed E-state index contributed by atoms with van der Waals surface area (Å²) in [5, 5.41) is 17.6. The summed E-state index contributed by atoms with van der Waals surface area (Å²) in [4.78, 5) is 37.8. The minimum atomic E-state index is -5.20. The molecule has 2 aliphatic rings. The van der Waals surface area contributed by atoms with Gasteiger partial charge in [0.15, 0.2) is 5.44 Å². The highest BCUT2D eigenvalue weighted by Gasteiger charge is 2.47. The summed E-state index contributed by atoms with van der Waals surface area (Å²) in [7, 11) is -5.20. The van der Waals surface area contributed by atoms with Crippen LogP contribution < -0.4 is 16.0 Å². The Morgan fingerprint density at radius 1 is 1.24 bits per heavy atom. The van der Waals surface area contributed by atoms with Gasteiger partial charge in [-0.25, -0.2) is 17.6 Å². The first-order valence-electron chi connectivity index (χ1n) is 12.2. The van der Waals surface area contributed by atoms with Crippen molar-refractivity contribution in [3.8, 4) is 0 Å². The van der Waals surface area contributed by atoms with Crippen LogP contribution in [0.15, 0.2) is 24.3 Å². The Morgan fingerprint density at radius 2 is 1.89 bits per heavy atom. The van der Waals surface area contributed by atoms with E-state index in [1.54, 1.807) is 12.1 Å². The Morgan fingerprint density at radius 3 is 2.41 bits per heavy atom. The molecule has 4 atom stereocenters. The third kappa shape index (κ3) is 8.37. The number of carbonyl (C=O) groups excluding carboxylic acids is 3. The Balaban J connectivity index is 1.67. The predicted octanol–water partition coefficient (Wildman–Crippen LogP) is 0.916. The van der Waals surface area contributed by atoms with Gasteiger partial charge in [0, 0.05) is 18.9 Å². The van der Waals surface area contributed by atoms with E-state index in [2.05, 4.69) is 16.0 Å². The average Bonchev–Trinajstić information content (AvgIpc) is 3.42. The second-order valence-electron chi connectivity index (χ2n) is 10.2. The monoisotopic (exact) mass is 542 g/mol. The predicted molar refractivity (Wildman–Crippen MR) is 128 cm³/mol. The number of halogens is 1. The van der Waals surface area contributed by atoms with Crippen LogP contribution in [-0.2, 0) is 30.9 Å². The van der Waals surface area contributed by atoms with Crippen LogP contribution in [0.5, 0.6) is 0 Å². The van der Waals surface area contributed by atoms with Crippen molar-refractivity contribution in [2.75, 3.05) is 6.54 Å². The van der Waals surface area contributed by atoms with Crippen molar-refractivity contribution in [1.29, 1.82) is 0 Å².